The lowest BCUT2D eigenvalue weighted by atomic mass is 10.2. The zero-order valence-corrected chi connectivity index (χ0v) is 12.4. The van der Waals surface area contributed by atoms with Crippen LogP contribution in [0.3, 0.4) is 0 Å². The molecule has 0 aliphatic rings. The Morgan fingerprint density at radius 2 is 2.17 bits per heavy atom. The minimum atomic E-state index is 0.310. The van der Waals surface area contributed by atoms with Gasteiger partial charge in [0.15, 0.2) is 0 Å². The van der Waals surface area contributed by atoms with Crippen LogP contribution in [0.15, 0.2) is 24.5 Å². The van der Waals surface area contributed by atoms with Gasteiger partial charge in [-0.3, -0.25) is 4.68 Å². The molecule has 0 radical (unpaired) electrons. The van der Waals surface area contributed by atoms with Crippen molar-refractivity contribution in [1.82, 2.24) is 15.1 Å². The van der Waals surface area contributed by atoms with Gasteiger partial charge in [-0.25, -0.2) is 0 Å². The molecule has 1 unspecified atom stereocenters. The topological polar surface area (TPSA) is 29.9 Å². The number of halogens is 1. The van der Waals surface area contributed by atoms with Crippen LogP contribution in [0.2, 0.25) is 4.34 Å². The molecule has 0 saturated heterocycles. The molecule has 2 aromatic heterocycles. The van der Waals surface area contributed by atoms with Crippen LogP contribution in [-0.2, 0) is 6.54 Å². The molecule has 2 heterocycles. The number of thiophene rings is 1. The maximum absolute atomic E-state index is 5.94. The van der Waals surface area contributed by atoms with Crippen molar-refractivity contribution in [3.05, 3.63) is 39.3 Å². The molecule has 1 N–H and O–H groups in total. The summed E-state index contributed by atoms with van der Waals surface area (Å²) in [5, 5.41) is 7.81. The third kappa shape index (κ3) is 3.34. The van der Waals surface area contributed by atoms with Crippen LogP contribution in [0.5, 0.6) is 0 Å². The Kier molecular flexibility index (Phi) is 4.43. The molecule has 5 heteroatoms. The van der Waals surface area contributed by atoms with Gasteiger partial charge >= 0.3 is 0 Å². The van der Waals surface area contributed by atoms with E-state index >= 15 is 0 Å². The number of hydrogen-bond acceptors (Lipinski definition) is 3. The van der Waals surface area contributed by atoms with Crippen LogP contribution in [-0.4, -0.2) is 9.78 Å². The lowest BCUT2D eigenvalue weighted by Gasteiger charge is -2.10. The molecule has 0 aliphatic heterocycles. The van der Waals surface area contributed by atoms with E-state index in [1.165, 1.54) is 10.4 Å². The van der Waals surface area contributed by atoms with E-state index in [4.69, 9.17) is 11.6 Å². The molecule has 0 saturated carbocycles. The number of nitrogens with one attached hydrogen (secondary N) is 1. The first-order valence-corrected chi connectivity index (χ1v) is 7.27. The largest absolute Gasteiger partial charge is 0.305 e. The fraction of sp³-hybridized carbons (Fsp3) is 0.462. The third-order valence-corrected chi connectivity index (χ3v) is 4.23. The van der Waals surface area contributed by atoms with Gasteiger partial charge in [-0.1, -0.05) is 11.6 Å². The minimum absolute atomic E-state index is 0.310. The zero-order valence-electron chi connectivity index (χ0n) is 10.9. The van der Waals surface area contributed by atoms with E-state index in [1.807, 2.05) is 16.9 Å². The molecule has 3 nitrogen and oxygen atoms in total. The molecular weight excluding hydrogens is 266 g/mol. The van der Waals surface area contributed by atoms with Crippen molar-refractivity contribution < 1.29 is 0 Å². The summed E-state index contributed by atoms with van der Waals surface area (Å²) in [7, 11) is 0. The van der Waals surface area contributed by atoms with Crippen LogP contribution in [0.4, 0.5) is 0 Å². The molecule has 2 aromatic rings. The predicted molar refractivity (Wildman–Crippen MR) is 77.2 cm³/mol. The molecule has 18 heavy (non-hydrogen) atoms. The van der Waals surface area contributed by atoms with Crippen LogP contribution in [0.25, 0.3) is 0 Å². The second-order valence-electron chi connectivity index (χ2n) is 4.67. The molecule has 1 atom stereocenters. The maximum atomic E-state index is 5.94. The van der Waals surface area contributed by atoms with Crippen molar-refractivity contribution in [2.45, 2.75) is 39.4 Å². The molecule has 0 spiro atoms. The van der Waals surface area contributed by atoms with E-state index < -0.39 is 0 Å². The summed E-state index contributed by atoms with van der Waals surface area (Å²) in [6.07, 6.45) is 4.01. The van der Waals surface area contributed by atoms with Crippen LogP contribution in [0, 0.1) is 0 Å². The van der Waals surface area contributed by atoms with Crippen molar-refractivity contribution in [3.8, 4) is 0 Å². The van der Waals surface area contributed by atoms with E-state index in [0.29, 0.717) is 12.1 Å². The van der Waals surface area contributed by atoms with Crippen molar-refractivity contribution in [1.29, 1.82) is 0 Å². The van der Waals surface area contributed by atoms with Gasteiger partial charge in [0.2, 0.25) is 0 Å². The molecule has 0 fully saturated rings. The number of rotatable bonds is 5. The van der Waals surface area contributed by atoms with Crippen molar-refractivity contribution in [2.24, 2.45) is 0 Å². The molecule has 0 aromatic carbocycles. The van der Waals surface area contributed by atoms with Crippen LogP contribution in [0.1, 0.15) is 43.3 Å². The predicted octanol–water partition coefficient (Wildman–Crippen LogP) is 4.03. The number of nitrogens with zero attached hydrogens (tertiary/aromatic N) is 2. The SMILES string of the molecule is CC(NCc1cnn(C(C)C)c1)c1ccc(Cl)s1. The highest BCUT2D eigenvalue weighted by atomic mass is 35.5. The average molecular weight is 284 g/mol. The quantitative estimate of drug-likeness (QED) is 0.898. The Morgan fingerprint density at radius 3 is 2.72 bits per heavy atom. The Morgan fingerprint density at radius 1 is 1.39 bits per heavy atom. The monoisotopic (exact) mass is 283 g/mol. The van der Waals surface area contributed by atoms with Crippen molar-refractivity contribution in [2.75, 3.05) is 0 Å². The van der Waals surface area contributed by atoms with Gasteiger partial charge in [-0.2, -0.15) is 5.10 Å². The highest BCUT2D eigenvalue weighted by Crippen LogP contribution is 2.26. The van der Waals surface area contributed by atoms with E-state index in [1.54, 1.807) is 11.3 Å². The van der Waals surface area contributed by atoms with Gasteiger partial charge in [0, 0.05) is 35.3 Å². The first kappa shape index (κ1) is 13.6. The molecular formula is C13H18ClN3S. The van der Waals surface area contributed by atoms with E-state index in [2.05, 4.69) is 43.4 Å². The highest BCUT2D eigenvalue weighted by Gasteiger charge is 2.08. The smallest absolute Gasteiger partial charge is 0.0931 e. The Hall–Kier alpha value is -0.840. The van der Waals surface area contributed by atoms with E-state index in [9.17, 15) is 0 Å². The number of aromatic nitrogens is 2. The molecule has 0 amide bonds. The number of hydrogen-bond donors (Lipinski definition) is 1. The van der Waals surface area contributed by atoms with Crippen LogP contribution >= 0.6 is 22.9 Å². The first-order valence-electron chi connectivity index (χ1n) is 6.08. The minimum Gasteiger partial charge on any atom is -0.305 e. The summed E-state index contributed by atoms with van der Waals surface area (Å²) < 4.78 is 2.82. The summed E-state index contributed by atoms with van der Waals surface area (Å²) in [6.45, 7) is 7.22. The third-order valence-electron chi connectivity index (χ3n) is 2.82. The standard InChI is InChI=1S/C13H18ClN3S/c1-9(2)17-8-11(7-16-17)6-15-10(3)12-4-5-13(14)18-12/h4-5,7-10,15H,6H2,1-3H3. The summed E-state index contributed by atoms with van der Waals surface area (Å²) in [6, 6.07) is 4.73. The molecule has 0 aliphatic carbocycles. The van der Waals surface area contributed by atoms with Crippen molar-refractivity contribution >= 4 is 22.9 Å². The normalized spacial score (nSPS) is 13.2. The Labute approximate surface area is 117 Å². The second kappa shape index (κ2) is 5.87. The lowest BCUT2D eigenvalue weighted by Crippen LogP contribution is -2.16. The van der Waals surface area contributed by atoms with Gasteiger partial charge in [0.25, 0.3) is 0 Å². The van der Waals surface area contributed by atoms with Crippen LogP contribution < -0.4 is 5.32 Å². The fourth-order valence-electron chi connectivity index (χ4n) is 1.68. The average Bonchev–Trinajstić information content (AvgIpc) is 2.94. The molecule has 98 valence electrons. The van der Waals surface area contributed by atoms with Gasteiger partial charge < -0.3 is 5.32 Å². The van der Waals surface area contributed by atoms with Gasteiger partial charge in [-0.15, -0.1) is 11.3 Å². The second-order valence-corrected chi connectivity index (χ2v) is 6.41. The Bertz CT molecular complexity index is 504. The van der Waals surface area contributed by atoms with E-state index in [-0.39, 0.29) is 0 Å². The molecule has 2 rings (SSSR count). The summed E-state index contributed by atoms with van der Waals surface area (Å²) in [4.78, 5) is 1.26. The van der Waals surface area contributed by atoms with Crippen molar-refractivity contribution in [3.63, 3.8) is 0 Å². The summed E-state index contributed by atoms with van der Waals surface area (Å²) in [5.41, 5.74) is 1.21. The highest BCUT2D eigenvalue weighted by molar-refractivity contribution is 7.16. The fourth-order valence-corrected chi connectivity index (χ4v) is 2.77. The first-order chi connectivity index (χ1) is 8.56. The van der Waals surface area contributed by atoms with Gasteiger partial charge in [-0.05, 0) is 32.9 Å². The van der Waals surface area contributed by atoms with Gasteiger partial charge in [0.05, 0.1) is 10.5 Å². The zero-order chi connectivity index (χ0) is 13.1. The molecule has 0 bridgehead atoms. The van der Waals surface area contributed by atoms with Gasteiger partial charge in [0.1, 0.15) is 0 Å². The lowest BCUT2D eigenvalue weighted by molar-refractivity contribution is 0.530. The summed E-state index contributed by atoms with van der Waals surface area (Å²) in [5.74, 6) is 0. The van der Waals surface area contributed by atoms with E-state index in [0.717, 1.165) is 10.9 Å². The Balaban J connectivity index is 1.90. The maximum Gasteiger partial charge on any atom is 0.0931 e. The summed E-state index contributed by atoms with van der Waals surface area (Å²) >= 11 is 7.56.